The van der Waals surface area contributed by atoms with Crippen LogP contribution in [0.3, 0.4) is 0 Å². The molecule has 102 valence electrons. The van der Waals surface area contributed by atoms with Crippen molar-refractivity contribution in [3.63, 3.8) is 0 Å². The van der Waals surface area contributed by atoms with Crippen molar-refractivity contribution in [1.29, 1.82) is 0 Å². The molecule has 2 aromatic carbocycles. The minimum absolute atomic E-state index is 0.380. The lowest BCUT2D eigenvalue weighted by Crippen LogP contribution is -2.09. The van der Waals surface area contributed by atoms with Crippen LogP contribution < -0.4 is 4.89 Å². The molecule has 0 aliphatic rings. The summed E-state index contributed by atoms with van der Waals surface area (Å²) in [6.45, 7) is 5.42. The van der Waals surface area contributed by atoms with E-state index in [1.54, 1.807) is 12.1 Å². The summed E-state index contributed by atoms with van der Waals surface area (Å²) in [4.78, 5) is 21.0. The summed E-state index contributed by atoms with van der Waals surface area (Å²) in [6, 6.07) is 17.3. The molecule has 0 radical (unpaired) electrons. The van der Waals surface area contributed by atoms with Crippen LogP contribution in [0.25, 0.3) is 11.1 Å². The Balaban J connectivity index is 1.99. The Labute approximate surface area is 118 Å². The van der Waals surface area contributed by atoms with Gasteiger partial charge in [0.25, 0.3) is 0 Å². The lowest BCUT2D eigenvalue weighted by atomic mass is 10.1. The molecule has 0 fully saturated rings. The van der Waals surface area contributed by atoms with E-state index in [9.17, 15) is 4.79 Å². The third-order valence-electron chi connectivity index (χ3n) is 2.89. The van der Waals surface area contributed by atoms with Crippen LogP contribution >= 0.6 is 0 Å². The zero-order chi connectivity index (χ0) is 14.4. The van der Waals surface area contributed by atoms with Crippen LogP contribution in [-0.2, 0) is 9.68 Å². The molecule has 0 saturated heterocycles. The van der Waals surface area contributed by atoms with E-state index in [0.717, 1.165) is 11.1 Å². The highest BCUT2D eigenvalue weighted by Gasteiger charge is 2.08. The molecule has 0 unspecified atom stereocenters. The van der Waals surface area contributed by atoms with Crippen molar-refractivity contribution in [2.24, 2.45) is 0 Å². The van der Waals surface area contributed by atoms with E-state index in [0.29, 0.717) is 17.7 Å². The van der Waals surface area contributed by atoms with Gasteiger partial charge in [-0.2, -0.15) is 0 Å². The molecule has 0 amide bonds. The first-order valence-electron chi connectivity index (χ1n) is 6.43. The maximum absolute atomic E-state index is 11.4. The maximum atomic E-state index is 11.4. The van der Waals surface area contributed by atoms with Gasteiger partial charge in [-0.25, -0.2) is 9.68 Å². The van der Waals surface area contributed by atoms with Crippen molar-refractivity contribution in [2.75, 3.05) is 0 Å². The van der Waals surface area contributed by atoms with Gasteiger partial charge in [-0.05, 0) is 29.7 Å². The second-order valence-corrected chi connectivity index (χ2v) is 4.30. The first kappa shape index (κ1) is 13.9. The normalized spacial score (nSPS) is 9.85. The fourth-order valence-electron chi connectivity index (χ4n) is 1.62. The molecule has 0 spiro atoms. The molecule has 0 aliphatic carbocycles. The Morgan fingerprint density at radius 2 is 1.60 bits per heavy atom. The maximum Gasteiger partial charge on any atom is 0.381 e. The first-order valence-corrected chi connectivity index (χ1v) is 6.43. The van der Waals surface area contributed by atoms with Gasteiger partial charge in [0.2, 0.25) is 0 Å². The molecule has 3 nitrogen and oxygen atoms in total. The quantitative estimate of drug-likeness (QED) is 0.464. The van der Waals surface area contributed by atoms with Gasteiger partial charge in [0.05, 0.1) is 0 Å². The lowest BCUT2D eigenvalue weighted by Gasteiger charge is -2.06. The summed E-state index contributed by atoms with van der Waals surface area (Å²) in [6.07, 6.45) is 0.537. The minimum atomic E-state index is -0.542. The predicted molar refractivity (Wildman–Crippen MR) is 78.0 cm³/mol. The Bertz CT molecular complexity index is 585. The molecule has 0 aliphatic heterocycles. The van der Waals surface area contributed by atoms with Crippen molar-refractivity contribution in [1.82, 2.24) is 0 Å². The van der Waals surface area contributed by atoms with Crippen molar-refractivity contribution in [3.8, 4) is 16.9 Å². The third-order valence-corrected chi connectivity index (χ3v) is 2.89. The Kier molecular flexibility index (Phi) is 4.56. The topological polar surface area (TPSA) is 35.5 Å². The zero-order valence-electron chi connectivity index (χ0n) is 11.3. The van der Waals surface area contributed by atoms with Gasteiger partial charge in [-0.3, -0.25) is 4.89 Å². The highest BCUT2D eigenvalue weighted by Crippen LogP contribution is 2.22. The summed E-state index contributed by atoms with van der Waals surface area (Å²) in [5, 5.41) is 0. The molecule has 0 N–H and O–H groups in total. The molecular weight excluding hydrogens is 252 g/mol. The van der Waals surface area contributed by atoms with E-state index >= 15 is 0 Å². The van der Waals surface area contributed by atoms with E-state index in [-0.39, 0.29) is 0 Å². The van der Waals surface area contributed by atoms with Crippen LogP contribution in [0.15, 0.2) is 66.7 Å². The van der Waals surface area contributed by atoms with E-state index in [1.165, 1.54) is 0 Å². The average Bonchev–Trinajstić information content (AvgIpc) is 2.53. The zero-order valence-corrected chi connectivity index (χ0v) is 11.3. The fourth-order valence-corrected chi connectivity index (χ4v) is 1.62. The SMILES string of the molecule is C=C(CC)C(=O)OOc1ccc(-c2ccccc2)cc1. The van der Waals surface area contributed by atoms with Crippen LogP contribution in [-0.4, -0.2) is 5.97 Å². The molecule has 3 heteroatoms. The first-order chi connectivity index (χ1) is 9.70. The van der Waals surface area contributed by atoms with Crippen LogP contribution in [0.1, 0.15) is 13.3 Å². The molecular formula is C17H16O3. The molecule has 2 rings (SSSR count). The number of hydrogen-bond acceptors (Lipinski definition) is 3. The summed E-state index contributed by atoms with van der Waals surface area (Å²) >= 11 is 0. The predicted octanol–water partition coefficient (Wildman–Crippen LogP) is 4.16. The van der Waals surface area contributed by atoms with Gasteiger partial charge in [-0.1, -0.05) is 56.0 Å². The number of carbonyl (C=O) groups excluding carboxylic acids is 1. The molecule has 0 atom stereocenters. The van der Waals surface area contributed by atoms with E-state index in [1.807, 2.05) is 49.4 Å². The molecule has 0 heterocycles. The largest absolute Gasteiger partial charge is 0.381 e. The van der Waals surface area contributed by atoms with Crippen molar-refractivity contribution >= 4 is 5.97 Å². The average molecular weight is 268 g/mol. The van der Waals surface area contributed by atoms with Crippen molar-refractivity contribution in [2.45, 2.75) is 13.3 Å². The second kappa shape index (κ2) is 6.57. The summed E-state index contributed by atoms with van der Waals surface area (Å²) in [5.41, 5.74) is 2.57. The smallest absolute Gasteiger partial charge is 0.287 e. The standard InChI is InChI=1S/C17H16O3/c1-3-13(2)17(18)20-19-16-11-9-15(10-12-16)14-7-5-4-6-8-14/h4-12H,2-3H2,1H3. The molecule has 2 aromatic rings. The van der Waals surface area contributed by atoms with Crippen LogP contribution in [0.2, 0.25) is 0 Å². The van der Waals surface area contributed by atoms with Gasteiger partial charge >= 0.3 is 5.97 Å². The minimum Gasteiger partial charge on any atom is -0.287 e. The lowest BCUT2D eigenvalue weighted by molar-refractivity contribution is -0.208. The highest BCUT2D eigenvalue weighted by molar-refractivity contribution is 5.87. The third kappa shape index (κ3) is 3.48. The van der Waals surface area contributed by atoms with Gasteiger partial charge < -0.3 is 0 Å². The second-order valence-electron chi connectivity index (χ2n) is 4.30. The summed E-state index contributed by atoms with van der Waals surface area (Å²) < 4.78 is 0. The Hall–Kier alpha value is -2.55. The Morgan fingerprint density at radius 3 is 2.20 bits per heavy atom. The van der Waals surface area contributed by atoms with Crippen molar-refractivity contribution < 1.29 is 14.6 Å². The number of benzene rings is 2. The highest BCUT2D eigenvalue weighted by atomic mass is 17.2. The Morgan fingerprint density at radius 1 is 1.00 bits per heavy atom. The molecule has 20 heavy (non-hydrogen) atoms. The molecule has 0 aromatic heterocycles. The number of rotatable bonds is 5. The molecule has 0 bridgehead atoms. The van der Waals surface area contributed by atoms with Gasteiger partial charge in [0, 0.05) is 5.57 Å². The van der Waals surface area contributed by atoms with E-state index in [2.05, 4.69) is 11.5 Å². The molecule has 0 saturated carbocycles. The van der Waals surface area contributed by atoms with E-state index in [4.69, 9.17) is 4.89 Å². The summed E-state index contributed by atoms with van der Waals surface area (Å²) in [7, 11) is 0. The monoisotopic (exact) mass is 268 g/mol. The van der Waals surface area contributed by atoms with Gasteiger partial charge in [0.1, 0.15) is 0 Å². The fraction of sp³-hybridized carbons (Fsp3) is 0.118. The summed E-state index contributed by atoms with van der Waals surface area (Å²) in [5.74, 6) is -0.0680. The van der Waals surface area contributed by atoms with Crippen molar-refractivity contribution in [3.05, 3.63) is 66.7 Å². The number of hydrogen-bond donors (Lipinski definition) is 0. The van der Waals surface area contributed by atoms with Gasteiger partial charge in [0.15, 0.2) is 5.75 Å². The van der Waals surface area contributed by atoms with Crippen LogP contribution in [0.5, 0.6) is 5.75 Å². The van der Waals surface area contributed by atoms with Crippen LogP contribution in [0.4, 0.5) is 0 Å². The number of carbonyl (C=O) groups is 1. The van der Waals surface area contributed by atoms with Gasteiger partial charge in [-0.15, -0.1) is 0 Å². The van der Waals surface area contributed by atoms with Crippen LogP contribution in [0, 0.1) is 0 Å². The van der Waals surface area contributed by atoms with E-state index < -0.39 is 5.97 Å².